The summed E-state index contributed by atoms with van der Waals surface area (Å²) >= 11 is 6.01. The molecule has 1 rings (SSSR count). The molecule has 5 heteroatoms. The van der Waals surface area contributed by atoms with E-state index in [2.05, 4.69) is 5.32 Å². The van der Waals surface area contributed by atoms with E-state index >= 15 is 0 Å². The highest BCUT2D eigenvalue weighted by Crippen LogP contribution is 2.24. The molecule has 1 aromatic carbocycles. The van der Waals surface area contributed by atoms with Gasteiger partial charge in [0.05, 0.1) is 17.6 Å². The fraction of sp³-hybridized carbons (Fsp3) is 0.462. The Balaban J connectivity index is 2.52. The van der Waals surface area contributed by atoms with E-state index < -0.39 is 6.04 Å². The number of nitrogens with two attached hydrogens (primary N) is 1. The second-order valence-corrected chi connectivity index (χ2v) is 4.52. The van der Waals surface area contributed by atoms with Crippen molar-refractivity contribution in [1.82, 2.24) is 5.32 Å². The van der Waals surface area contributed by atoms with Gasteiger partial charge in [-0.25, -0.2) is 0 Å². The number of halogens is 1. The molecule has 4 nitrogen and oxygen atoms in total. The summed E-state index contributed by atoms with van der Waals surface area (Å²) in [6, 6.07) is 6.76. The Morgan fingerprint density at radius 1 is 1.50 bits per heavy atom. The maximum atomic E-state index is 11.4. The topological polar surface area (TPSA) is 64.4 Å². The van der Waals surface area contributed by atoms with E-state index in [-0.39, 0.29) is 12.0 Å². The lowest BCUT2D eigenvalue weighted by atomic mass is 10.2. The number of nitrogens with one attached hydrogen (secondary N) is 1. The highest BCUT2D eigenvalue weighted by molar-refractivity contribution is 6.32. The number of amides is 1. The summed E-state index contributed by atoms with van der Waals surface area (Å²) in [5.41, 5.74) is 5.47. The van der Waals surface area contributed by atoms with Gasteiger partial charge in [0.25, 0.3) is 0 Å². The van der Waals surface area contributed by atoms with Crippen LogP contribution >= 0.6 is 11.6 Å². The lowest BCUT2D eigenvalue weighted by Crippen LogP contribution is -2.42. The molecule has 0 saturated heterocycles. The highest BCUT2D eigenvalue weighted by atomic mass is 35.5. The van der Waals surface area contributed by atoms with Gasteiger partial charge in [0.15, 0.2) is 0 Å². The van der Waals surface area contributed by atoms with Gasteiger partial charge in [-0.1, -0.05) is 30.7 Å². The number of carbonyl (C=O) groups excluding carboxylic acids is 1. The predicted octanol–water partition coefficient (Wildman–Crippen LogP) is 1.96. The van der Waals surface area contributed by atoms with Crippen LogP contribution in [0.3, 0.4) is 0 Å². The number of hydrogen-bond donors (Lipinski definition) is 2. The molecule has 0 spiro atoms. The number of hydrogen-bond acceptors (Lipinski definition) is 3. The Kier molecular flexibility index (Phi) is 5.95. The molecule has 1 amide bonds. The minimum atomic E-state index is -0.511. The van der Waals surface area contributed by atoms with E-state index in [0.717, 1.165) is 6.42 Å². The summed E-state index contributed by atoms with van der Waals surface area (Å²) in [5, 5.41) is 3.31. The number of benzene rings is 1. The zero-order valence-corrected chi connectivity index (χ0v) is 11.4. The molecular formula is C13H19ClN2O2. The lowest BCUT2D eigenvalue weighted by Gasteiger charge is -2.19. The van der Waals surface area contributed by atoms with Crippen molar-refractivity contribution < 1.29 is 9.53 Å². The quantitative estimate of drug-likeness (QED) is 0.831. The first-order valence-corrected chi connectivity index (χ1v) is 6.36. The van der Waals surface area contributed by atoms with Crippen molar-refractivity contribution in [3.05, 3.63) is 29.3 Å². The third kappa shape index (κ3) is 4.55. The maximum absolute atomic E-state index is 11.4. The van der Waals surface area contributed by atoms with E-state index in [1.807, 2.05) is 19.1 Å². The lowest BCUT2D eigenvalue weighted by molar-refractivity contribution is -0.122. The van der Waals surface area contributed by atoms with Gasteiger partial charge in [-0.3, -0.25) is 4.79 Å². The van der Waals surface area contributed by atoms with Crippen LogP contribution < -0.4 is 15.8 Å². The van der Waals surface area contributed by atoms with Gasteiger partial charge >= 0.3 is 0 Å². The predicted molar refractivity (Wildman–Crippen MR) is 72.8 cm³/mol. The van der Waals surface area contributed by atoms with Crippen LogP contribution in [0.15, 0.2) is 24.3 Å². The standard InChI is InChI=1S/C13H19ClN2O2/c1-3-10(8-16-13(17)9(2)15)18-12-7-5-4-6-11(12)14/h4-7,9-10H,3,8,15H2,1-2H3,(H,16,17)/t9-,10?/m0/s1. The first kappa shape index (κ1) is 14.8. The summed E-state index contributed by atoms with van der Waals surface area (Å²) < 4.78 is 5.74. The Bertz CT molecular complexity index is 396. The Labute approximate surface area is 112 Å². The van der Waals surface area contributed by atoms with Crippen LogP contribution in [0.25, 0.3) is 0 Å². The van der Waals surface area contributed by atoms with Crippen LogP contribution in [0.4, 0.5) is 0 Å². The van der Waals surface area contributed by atoms with Crippen LogP contribution in [0, 0.1) is 0 Å². The van der Waals surface area contributed by atoms with E-state index in [0.29, 0.717) is 17.3 Å². The first-order chi connectivity index (χ1) is 8.54. The van der Waals surface area contributed by atoms with Gasteiger partial charge in [-0.15, -0.1) is 0 Å². The van der Waals surface area contributed by atoms with E-state index in [1.54, 1.807) is 19.1 Å². The van der Waals surface area contributed by atoms with Gasteiger partial charge in [0, 0.05) is 0 Å². The molecule has 18 heavy (non-hydrogen) atoms. The van der Waals surface area contributed by atoms with E-state index in [9.17, 15) is 4.79 Å². The van der Waals surface area contributed by atoms with Crippen molar-refractivity contribution >= 4 is 17.5 Å². The van der Waals surface area contributed by atoms with Gasteiger partial charge in [-0.05, 0) is 25.5 Å². The summed E-state index contributed by atoms with van der Waals surface area (Å²) in [7, 11) is 0. The molecule has 0 aliphatic carbocycles. The summed E-state index contributed by atoms with van der Waals surface area (Å²) in [4.78, 5) is 11.4. The molecule has 1 unspecified atom stereocenters. The Morgan fingerprint density at radius 2 is 2.17 bits per heavy atom. The molecule has 0 bridgehead atoms. The SMILES string of the molecule is CCC(CNC(=O)[C@H](C)N)Oc1ccccc1Cl. The fourth-order valence-electron chi connectivity index (χ4n) is 1.36. The summed E-state index contributed by atoms with van der Waals surface area (Å²) in [5.74, 6) is 0.442. The molecule has 0 fully saturated rings. The average Bonchev–Trinajstić information content (AvgIpc) is 2.36. The minimum absolute atomic E-state index is 0.118. The van der Waals surface area contributed by atoms with Gasteiger partial charge in [-0.2, -0.15) is 0 Å². The molecule has 0 saturated carbocycles. The highest BCUT2D eigenvalue weighted by Gasteiger charge is 2.13. The van der Waals surface area contributed by atoms with Crippen molar-refractivity contribution in [1.29, 1.82) is 0 Å². The van der Waals surface area contributed by atoms with Crippen LogP contribution in [0.1, 0.15) is 20.3 Å². The van der Waals surface area contributed by atoms with Crippen molar-refractivity contribution in [2.45, 2.75) is 32.4 Å². The van der Waals surface area contributed by atoms with Crippen molar-refractivity contribution in [3.63, 3.8) is 0 Å². The molecule has 0 aliphatic rings. The average molecular weight is 271 g/mol. The third-order valence-electron chi connectivity index (χ3n) is 2.50. The van der Waals surface area contributed by atoms with Crippen LogP contribution in [-0.4, -0.2) is 24.6 Å². The molecular weight excluding hydrogens is 252 g/mol. The molecule has 0 radical (unpaired) electrons. The summed E-state index contributed by atoms with van der Waals surface area (Å²) in [6.07, 6.45) is 0.650. The van der Waals surface area contributed by atoms with Crippen molar-refractivity contribution in [2.75, 3.05) is 6.54 Å². The van der Waals surface area contributed by atoms with Crippen molar-refractivity contribution in [2.24, 2.45) is 5.73 Å². The van der Waals surface area contributed by atoms with E-state index in [1.165, 1.54) is 0 Å². The molecule has 3 N–H and O–H groups in total. The van der Waals surface area contributed by atoms with Gasteiger partial charge < -0.3 is 15.8 Å². The zero-order valence-electron chi connectivity index (χ0n) is 10.7. The Morgan fingerprint density at radius 3 is 2.72 bits per heavy atom. The monoisotopic (exact) mass is 270 g/mol. The first-order valence-electron chi connectivity index (χ1n) is 5.99. The maximum Gasteiger partial charge on any atom is 0.236 e. The third-order valence-corrected chi connectivity index (χ3v) is 2.82. The van der Waals surface area contributed by atoms with Crippen LogP contribution in [-0.2, 0) is 4.79 Å². The second-order valence-electron chi connectivity index (χ2n) is 4.11. The number of para-hydroxylation sites is 1. The van der Waals surface area contributed by atoms with Gasteiger partial charge in [0.2, 0.25) is 5.91 Å². The van der Waals surface area contributed by atoms with Crippen LogP contribution in [0.2, 0.25) is 5.02 Å². The summed E-state index contributed by atoms with van der Waals surface area (Å²) in [6.45, 7) is 4.05. The van der Waals surface area contributed by atoms with Crippen LogP contribution in [0.5, 0.6) is 5.75 Å². The zero-order chi connectivity index (χ0) is 13.5. The number of carbonyl (C=O) groups is 1. The van der Waals surface area contributed by atoms with Gasteiger partial charge in [0.1, 0.15) is 11.9 Å². The largest absolute Gasteiger partial charge is 0.487 e. The molecule has 0 aliphatic heterocycles. The number of ether oxygens (including phenoxy) is 1. The normalized spacial score (nSPS) is 13.8. The minimum Gasteiger partial charge on any atom is -0.487 e. The molecule has 0 aromatic heterocycles. The number of rotatable bonds is 6. The fourth-order valence-corrected chi connectivity index (χ4v) is 1.54. The Hall–Kier alpha value is -1.26. The smallest absolute Gasteiger partial charge is 0.236 e. The molecule has 0 heterocycles. The second kappa shape index (κ2) is 7.24. The molecule has 2 atom stereocenters. The molecule has 100 valence electrons. The van der Waals surface area contributed by atoms with E-state index in [4.69, 9.17) is 22.1 Å². The van der Waals surface area contributed by atoms with Crippen molar-refractivity contribution in [3.8, 4) is 5.75 Å². The molecule has 1 aromatic rings.